The summed E-state index contributed by atoms with van der Waals surface area (Å²) in [7, 11) is 2.84. The van der Waals surface area contributed by atoms with Crippen LogP contribution in [0.15, 0.2) is 35.6 Å². The average molecular weight is 519 g/mol. The zero-order chi connectivity index (χ0) is 24.7. The Hall–Kier alpha value is -1.92. The first-order chi connectivity index (χ1) is 15.3. The molecule has 0 bridgehead atoms. The molecule has 0 aliphatic heterocycles. The minimum Gasteiger partial charge on any atom is -1.00 e. The van der Waals surface area contributed by atoms with Crippen LogP contribution in [0.3, 0.4) is 0 Å². The molecule has 34 heavy (non-hydrogen) atoms. The van der Waals surface area contributed by atoms with Gasteiger partial charge in [0.15, 0.2) is 11.4 Å². The van der Waals surface area contributed by atoms with Crippen LogP contribution in [0.2, 0.25) is 5.02 Å². The molecule has 1 aromatic carbocycles. The molecule has 7 N–H and O–H groups in total. The van der Waals surface area contributed by atoms with E-state index >= 15 is 0 Å². The molecule has 10 nitrogen and oxygen atoms in total. The summed E-state index contributed by atoms with van der Waals surface area (Å²) in [6, 6.07) is 1.08. The molecule has 0 saturated heterocycles. The van der Waals surface area contributed by atoms with E-state index in [1.54, 1.807) is 0 Å². The molecule has 0 radical (unpaired) electrons. The van der Waals surface area contributed by atoms with E-state index < -0.39 is 75.5 Å². The molecule has 1 amide bonds. The van der Waals surface area contributed by atoms with Crippen molar-refractivity contribution in [3.05, 3.63) is 51.8 Å². The van der Waals surface area contributed by atoms with E-state index in [0.29, 0.717) is 0 Å². The minimum absolute atomic E-state index is 0. The number of hydrogen-bond acceptors (Lipinski definition) is 9. The van der Waals surface area contributed by atoms with Crippen LogP contribution >= 0.6 is 11.6 Å². The minimum atomic E-state index is -2.97. The third kappa shape index (κ3) is 3.21. The predicted octanol–water partition coefficient (Wildman–Crippen LogP) is -0.0969. The SMILES string of the molecule is C=C1c2c(Cl)ccc(O)c2C(O)=C2C(=O)[C@]3(O)C(O)=C(C(N)=O)C(=O)[C@@H](N(C)C)[C@@H]3[C@@H](O)[C@H]12.[Ca+2].[H-].[H-]. The van der Waals surface area contributed by atoms with Crippen LogP contribution < -0.4 is 5.73 Å². The maximum atomic E-state index is 13.7. The number of phenolic OH excluding ortho intramolecular Hbond substituents is 1. The van der Waals surface area contributed by atoms with Crippen LogP contribution in [0.5, 0.6) is 5.75 Å². The van der Waals surface area contributed by atoms with Gasteiger partial charge in [-0.25, -0.2) is 0 Å². The zero-order valence-electron chi connectivity index (χ0n) is 20.2. The Kier molecular flexibility index (Phi) is 6.77. The summed E-state index contributed by atoms with van der Waals surface area (Å²) in [6.07, 6.45) is -1.75. The van der Waals surface area contributed by atoms with Gasteiger partial charge in [-0.2, -0.15) is 0 Å². The van der Waals surface area contributed by atoms with E-state index in [2.05, 4.69) is 6.58 Å². The molecule has 1 saturated carbocycles. The number of amides is 1. The summed E-state index contributed by atoms with van der Waals surface area (Å²) in [5, 5.41) is 55.0. The Labute approximate surface area is 231 Å². The average Bonchev–Trinajstić information content (AvgIpc) is 2.72. The fourth-order valence-electron chi connectivity index (χ4n) is 5.26. The van der Waals surface area contributed by atoms with E-state index in [0.717, 1.165) is 0 Å². The predicted molar refractivity (Wildman–Crippen MR) is 124 cm³/mol. The number of nitrogens with zero attached hydrogens (tertiary/aromatic N) is 1. The first-order valence-electron chi connectivity index (χ1n) is 9.81. The molecule has 0 spiro atoms. The molecule has 178 valence electrons. The van der Waals surface area contributed by atoms with Crippen LogP contribution in [0.25, 0.3) is 11.3 Å². The molecule has 0 aromatic heterocycles. The number of hydrogen-bond donors (Lipinski definition) is 6. The van der Waals surface area contributed by atoms with E-state index in [4.69, 9.17) is 17.3 Å². The number of phenols is 1. The number of aliphatic hydroxyl groups is 4. The fourth-order valence-corrected chi connectivity index (χ4v) is 5.54. The normalized spacial score (nSPS) is 30.6. The Balaban J connectivity index is 0.00000216. The van der Waals surface area contributed by atoms with Gasteiger partial charge in [0, 0.05) is 16.5 Å². The second kappa shape index (κ2) is 8.63. The number of fused-ring (bicyclic) bond motifs is 3. The van der Waals surface area contributed by atoms with Gasteiger partial charge < -0.3 is 34.1 Å². The van der Waals surface area contributed by atoms with Crippen molar-refractivity contribution in [3.63, 3.8) is 0 Å². The summed E-state index contributed by atoms with van der Waals surface area (Å²) in [6.45, 7) is 3.89. The first kappa shape index (κ1) is 26.7. The number of aliphatic hydroxyl groups excluding tert-OH is 3. The molecule has 4 rings (SSSR count). The number of primary amides is 1. The van der Waals surface area contributed by atoms with Gasteiger partial charge in [-0.3, -0.25) is 19.3 Å². The topological polar surface area (TPSA) is 182 Å². The summed E-state index contributed by atoms with van der Waals surface area (Å²) < 4.78 is 0. The Morgan fingerprint density at radius 3 is 2.32 bits per heavy atom. The van der Waals surface area contributed by atoms with Gasteiger partial charge in [0.05, 0.1) is 29.2 Å². The standard InChI is InChI=1S/C22H21ClN2O8.Ca.2H/c1-6-9-7(23)4-5-8(26)11(9)16(27)12-10(6)17(28)14-15(25(2)3)18(29)13(21(24)32)20(31)22(14,33)19(12)30;;;/h4-5,10,14-15,17,26-28,31,33H,1H2,2-3H3,(H2,24,32);;;/q;+2;2*-1/t10-,14-,15+,17+,22+;;;/m1.../s1. The number of likely N-dealkylation sites (N-methyl/N-ethyl adjacent to an activating group) is 1. The second-order valence-electron chi connectivity index (χ2n) is 8.55. The van der Waals surface area contributed by atoms with Gasteiger partial charge in [0.1, 0.15) is 22.8 Å². The van der Waals surface area contributed by atoms with E-state index in [9.17, 15) is 39.9 Å². The van der Waals surface area contributed by atoms with Gasteiger partial charge >= 0.3 is 37.7 Å². The number of aromatic hydroxyl groups is 1. The monoisotopic (exact) mass is 518 g/mol. The maximum absolute atomic E-state index is 13.7. The molecule has 0 heterocycles. The number of nitrogens with two attached hydrogens (primary N) is 1. The van der Waals surface area contributed by atoms with Crippen LogP contribution in [0.4, 0.5) is 0 Å². The zero-order valence-corrected chi connectivity index (χ0v) is 21.2. The van der Waals surface area contributed by atoms with E-state index in [1.165, 1.54) is 31.1 Å². The van der Waals surface area contributed by atoms with Crippen molar-refractivity contribution in [2.45, 2.75) is 17.7 Å². The Bertz CT molecular complexity index is 1250. The van der Waals surface area contributed by atoms with Crippen LogP contribution in [-0.4, -0.2) is 117 Å². The van der Waals surface area contributed by atoms with Crippen molar-refractivity contribution in [2.24, 2.45) is 17.6 Å². The first-order valence-corrected chi connectivity index (χ1v) is 10.2. The maximum Gasteiger partial charge on any atom is 2.00 e. The van der Waals surface area contributed by atoms with Gasteiger partial charge in [-0.05, 0) is 31.8 Å². The third-order valence-corrected chi connectivity index (χ3v) is 6.99. The number of rotatable bonds is 2. The Morgan fingerprint density at radius 1 is 1.21 bits per heavy atom. The smallest absolute Gasteiger partial charge is 1.00 e. The van der Waals surface area contributed by atoms with Gasteiger partial charge in [0.2, 0.25) is 5.78 Å². The van der Waals surface area contributed by atoms with Gasteiger partial charge in [0.25, 0.3) is 5.91 Å². The molecule has 3 aliphatic carbocycles. The fraction of sp³-hybridized carbons (Fsp3) is 0.318. The molecular formula is C22H23CaClN2O8. The molecule has 1 aromatic rings. The number of ketones is 2. The largest absolute Gasteiger partial charge is 2.00 e. The molecule has 1 fully saturated rings. The quantitative estimate of drug-likeness (QED) is 0.230. The number of Topliss-reactive ketones (excluding diaryl/α,β-unsaturated/α-hetero) is 2. The van der Waals surface area contributed by atoms with Crippen LogP contribution in [0, 0.1) is 11.8 Å². The van der Waals surface area contributed by atoms with Gasteiger partial charge in [-0.1, -0.05) is 18.2 Å². The number of carbonyl (C=O) groups is 3. The van der Waals surface area contributed by atoms with E-state index in [-0.39, 0.29) is 62.3 Å². The van der Waals surface area contributed by atoms with Crippen molar-refractivity contribution in [1.29, 1.82) is 0 Å². The number of carbonyl (C=O) groups excluding carboxylic acids is 3. The van der Waals surface area contributed by atoms with Crippen molar-refractivity contribution in [3.8, 4) is 5.75 Å². The summed E-state index contributed by atoms with van der Waals surface area (Å²) in [5.41, 5.74) is 0.634. The van der Waals surface area contributed by atoms with Crippen molar-refractivity contribution >= 4 is 78.1 Å². The third-order valence-electron chi connectivity index (χ3n) is 6.67. The van der Waals surface area contributed by atoms with Crippen molar-refractivity contribution < 1.29 is 42.8 Å². The van der Waals surface area contributed by atoms with Crippen LogP contribution in [-0.2, 0) is 14.4 Å². The molecule has 3 aliphatic rings. The number of benzene rings is 1. The summed E-state index contributed by atoms with van der Waals surface area (Å²) in [5.74, 6) is -9.18. The van der Waals surface area contributed by atoms with Crippen LogP contribution in [0.1, 0.15) is 14.0 Å². The second-order valence-corrected chi connectivity index (χ2v) is 8.96. The summed E-state index contributed by atoms with van der Waals surface area (Å²) in [4.78, 5) is 39.9. The number of halogens is 1. The van der Waals surface area contributed by atoms with Gasteiger partial charge in [-0.15, -0.1) is 0 Å². The molecule has 12 heteroatoms. The van der Waals surface area contributed by atoms with Crippen molar-refractivity contribution in [1.82, 2.24) is 4.90 Å². The molecule has 0 unspecified atom stereocenters. The summed E-state index contributed by atoms with van der Waals surface area (Å²) >= 11 is 6.25. The molecule has 5 atom stereocenters. The van der Waals surface area contributed by atoms with Crippen molar-refractivity contribution in [2.75, 3.05) is 14.1 Å². The van der Waals surface area contributed by atoms with E-state index in [1.807, 2.05) is 0 Å². The molecular weight excluding hydrogens is 496 g/mol. The Morgan fingerprint density at radius 2 is 1.79 bits per heavy atom.